The zero-order chi connectivity index (χ0) is 12.2. The lowest BCUT2D eigenvalue weighted by molar-refractivity contribution is 0.159. The Bertz CT molecular complexity index is 129. The standard InChI is InChI=1S/C12H28N2O2/c1-3-5-7-13-11(9-15)12(10-16)14-8-6-4-2/h11-16H,3-10H2,1-2H3/t11-,12-/m1/s1. The maximum absolute atomic E-state index is 9.27. The monoisotopic (exact) mass is 232 g/mol. The second-order valence-electron chi connectivity index (χ2n) is 4.19. The van der Waals surface area contributed by atoms with Crippen LogP contribution in [-0.2, 0) is 0 Å². The van der Waals surface area contributed by atoms with E-state index in [9.17, 15) is 10.2 Å². The molecule has 0 radical (unpaired) electrons. The van der Waals surface area contributed by atoms with Crippen LogP contribution in [0.25, 0.3) is 0 Å². The number of nitrogens with one attached hydrogen (secondary N) is 2. The Morgan fingerprint density at radius 1 is 0.812 bits per heavy atom. The summed E-state index contributed by atoms with van der Waals surface area (Å²) in [7, 11) is 0. The van der Waals surface area contributed by atoms with Crippen molar-refractivity contribution in [2.45, 2.75) is 51.6 Å². The molecule has 0 aromatic rings. The van der Waals surface area contributed by atoms with E-state index >= 15 is 0 Å². The summed E-state index contributed by atoms with van der Waals surface area (Å²) in [6, 6.07) is -0.0955. The number of aliphatic hydroxyl groups is 2. The van der Waals surface area contributed by atoms with Crippen molar-refractivity contribution in [3.63, 3.8) is 0 Å². The van der Waals surface area contributed by atoms with E-state index in [1.54, 1.807) is 0 Å². The second-order valence-corrected chi connectivity index (χ2v) is 4.19. The molecule has 0 amide bonds. The molecule has 0 aliphatic carbocycles. The van der Waals surface area contributed by atoms with E-state index in [0.717, 1.165) is 38.8 Å². The first-order valence-electron chi connectivity index (χ1n) is 6.48. The van der Waals surface area contributed by atoms with E-state index in [-0.39, 0.29) is 25.3 Å². The fraction of sp³-hybridized carbons (Fsp3) is 1.00. The summed E-state index contributed by atoms with van der Waals surface area (Å²) in [4.78, 5) is 0. The molecule has 98 valence electrons. The normalized spacial score (nSPS) is 15.0. The Morgan fingerprint density at radius 3 is 1.44 bits per heavy atom. The van der Waals surface area contributed by atoms with Crippen LogP contribution in [0, 0.1) is 0 Å². The van der Waals surface area contributed by atoms with Crippen LogP contribution in [0.4, 0.5) is 0 Å². The third kappa shape index (κ3) is 7.17. The summed E-state index contributed by atoms with van der Waals surface area (Å²) in [5, 5.41) is 25.1. The average molecular weight is 232 g/mol. The van der Waals surface area contributed by atoms with Crippen LogP contribution in [0.15, 0.2) is 0 Å². The van der Waals surface area contributed by atoms with Gasteiger partial charge in [0.1, 0.15) is 0 Å². The van der Waals surface area contributed by atoms with E-state index in [1.807, 2.05) is 0 Å². The van der Waals surface area contributed by atoms with Gasteiger partial charge in [-0.2, -0.15) is 0 Å². The molecule has 0 aliphatic heterocycles. The fourth-order valence-corrected chi connectivity index (χ4v) is 1.60. The Balaban J connectivity index is 3.85. The molecule has 4 heteroatoms. The minimum atomic E-state index is -0.0478. The molecule has 0 heterocycles. The first-order chi connectivity index (χ1) is 7.79. The molecule has 0 rings (SSSR count). The summed E-state index contributed by atoms with van der Waals surface area (Å²) in [5.74, 6) is 0. The molecule has 16 heavy (non-hydrogen) atoms. The van der Waals surface area contributed by atoms with Crippen LogP contribution >= 0.6 is 0 Å². The van der Waals surface area contributed by atoms with Crippen molar-refractivity contribution in [2.75, 3.05) is 26.3 Å². The zero-order valence-electron chi connectivity index (χ0n) is 10.7. The Kier molecular flexibility index (Phi) is 11.2. The summed E-state index contributed by atoms with van der Waals surface area (Å²) >= 11 is 0. The van der Waals surface area contributed by atoms with Gasteiger partial charge in [-0.15, -0.1) is 0 Å². The number of unbranched alkanes of at least 4 members (excludes halogenated alkanes) is 2. The molecule has 4 nitrogen and oxygen atoms in total. The van der Waals surface area contributed by atoms with Crippen LogP contribution in [0.1, 0.15) is 39.5 Å². The second kappa shape index (κ2) is 11.3. The van der Waals surface area contributed by atoms with Crippen LogP contribution < -0.4 is 10.6 Å². The number of rotatable bonds is 11. The van der Waals surface area contributed by atoms with Gasteiger partial charge in [0.2, 0.25) is 0 Å². The Labute approximate surface area is 99.4 Å². The molecular weight excluding hydrogens is 204 g/mol. The van der Waals surface area contributed by atoms with Crippen LogP contribution in [0.2, 0.25) is 0 Å². The average Bonchev–Trinajstić information content (AvgIpc) is 2.31. The summed E-state index contributed by atoms with van der Waals surface area (Å²) in [6.45, 7) is 6.20. The van der Waals surface area contributed by atoms with Crippen LogP contribution in [-0.4, -0.2) is 48.6 Å². The quantitative estimate of drug-likeness (QED) is 0.391. The maximum atomic E-state index is 9.27. The summed E-state index contributed by atoms with van der Waals surface area (Å²) < 4.78 is 0. The maximum Gasteiger partial charge on any atom is 0.0600 e. The number of hydrogen-bond acceptors (Lipinski definition) is 4. The Hall–Kier alpha value is -0.160. The Morgan fingerprint density at radius 2 is 1.19 bits per heavy atom. The van der Waals surface area contributed by atoms with Gasteiger partial charge in [-0.05, 0) is 25.9 Å². The third-order valence-electron chi connectivity index (χ3n) is 2.75. The molecule has 0 saturated heterocycles. The topological polar surface area (TPSA) is 64.5 Å². The SMILES string of the molecule is CCCCN[C@H](CO)[C@@H](CO)NCCCC. The van der Waals surface area contributed by atoms with Gasteiger partial charge in [-0.1, -0.05) is 26.7 Å². The van der Waals surface area contributed by atoms with Crippen molar-refractivity contribution in [3.8, 4) is 0 Å². The predicted octanol–water partition coefficient (Wildman–Crippen LogP) is 0.488. The molecule has 0 aromatic heterocycles. The lowest BCUT2D eigenvalue weighted by Crippen LogP contribution is -2.52. The van der Waals surface area contributed by atoms with Crippen molar-refractivity contribution in [3.05, 3.63) is 0 Å². The highest BCUT2D eigenvalue weighted by molar-refractivity contribution is 4.81. The molecule has 0 aromatic carbocycles. The fourth-order valence-electron chi connectivity index (χ4n) is 1.60. The third-order valence-corrected chi connectivity index (χ3v) is 2.75. The van der Waals surface area contributed by atoms with Crippen molar-refractivity contribution in [2.24, 2.45) is 0 Å². The summed E-state index contributed by atoms with van der Waals surface area (Å²) in [6.07, 6.45) is 4.48. The van der Waals surface area contributed by atoms with Crippen LogP contribution in [0.3, 0.4) is 0 Å². The minimum Gasteiger partial charge on any atom is -0.395 e. The number of aliphatic hydroxyl groups excluding tert-OH is 2. The first kappa shape index (κ1) is 15.8. The van der Waals surface area contributed by atoms with E-state index in [1.165, 1.54) is 0 Å². The van der Waals surface area contributed by atoms with Crippen molar-refractivity contribution in [1.29, 1.82) is 0 Å². The molecular formula is C12H28N2O2. The highest BCUT2D eigenvalue weighted by atomic mass is 16.3. The van der Waals surface area contributed by atoms with Gasteiger partial charge in [0.25, 0.3) is 0 Å². The van der Waals surface area contributed by atoms with E-state index < -0.39 is 0 Å². The molecule has 0 bridgehead atoms. The zero-order valence-corrected chi connectivity index (χ0v) is 10.7. The van der Waals surface area contributed by atoms with E-state index in [2.05, 4.69) is 24.5 Å². The predicted molar refractivity (Wildman–Crippen MR) is 67.6 cm³/mol. The van der Waals surface area contributed by atoms with Crippen molar-refractivity contribution >= 4 is 0 Å². The molecule has 0 saturated carbocycles. The highest BCUT2D eigenvalue weighted by Crippen LogP contribution is 1.95. The lowest BCUT2D eigenvalue weighted by Gasteiger charge is -2.26. The van der Waals surface area contributed by atoms with Gasteiger partial charge in [0.05, 0.1) is 13.2 Å². The van der Waals surface area contributed by atoms with Crippen molar-refractivity contribution < 1.29 is 10.2 Å². The van der Waals surface area contributed by atoms with Crippen LogP contribution in [0.5, 0.6) is 0 Å². The molecule has 0 spiro atoms. The van der Waals surface area contributed by atoms with Gasteiger partial charge in [0.15, 0.2) is 0 Å². The molecule has 0 unspecified atom stereocenters. The van der Waals surface area contributed by atoms with E-state index in [4.69, 9.17) is 0 Å². The van der Waals surface area contributed by atoms with Gasteiger partial charge in [-0.25, -0.2) is 0 Å². The summed E-state index contributed by atoms with van der Waals surface area (Å²) in [5.41, 5.74) is 0. The van der Waals surface area contributed by atoms with Gasteiger partial charge in [-0.3, -0.25) is 0 Å². The minimum absolute atomic E-state index is 0.0478. The van der Waals surface area contributed by atoms with Gasteiger partial charge >= 0.3 is 0 Å². The van der Waals surface area contributed by atoms with E-state index in [0.29, 0.717) is 0 Å². The van der Waals surface area contributed by atoms with Gasteiger partial charge in [0, 0.05) is 12.1 Å². The molecule has 4 N–H and O–H groups in total. The van der Waals surface area contributed by atoms with Crippen molar-refractivity contribution in [1.82, 2.24) is 10.6 Å². The molecule has 0 aliphatic rings. The smallest absolute Gasteiger partial charge is 0.0600 e. The molecule has 2 atom stereocenters. The number of hydrogen-bond donors (Lipinski definition) is 4. The highest BCUT2D eigenvalue weighted by Gasteiger charge is 2.18. The van der Waals surface area contributed by atoms with Gasteiger partial charge < -0.3 is 20.8 Å². The first-order valence-corrected chi connectivity index (χ1v) is 6.48. The molecule has 0 fully saturated rings. The largest absolute Gasteiger partial charge is 0.395 e. The lowest BCUT2D eigenvalue weighted by atomic mass is 10.1.